The number of nitrogens with one attached hydrogen (secondary N) is 2. The molecule has 0 spiro atoms. The van der Waals surface area contributed by atoms with E-state index >= 15 is 0 Å². The molecule has 0 fully saturated rings. The number of benzene rings is 2. The monoisotopic (exact) mass is 482 g/mol. The summed E-state index contributed by atoms with van der Waals surface area (Å²) in [6.45, 7) is 3.45. The molecule has 0 radical (unpaired) electrons. The summed E-state index contributed by atoms with van der Waals surface area (Å²) in [7, 11) is -6.48. The molecule has 1 aromatic heterocycles. The molecule has 0 aliphatic heterocycles. The molecule has 2 N–H and O–H groups in total. The number of aryl methyl sites for hydroxylation is 2. The summed E-state index contributed by atoms with van der Waals surface area (Å²) in [6.07, 6.45) is 0. The number of sulfonamides is 2. The fourth-order valence-corrected chi connectivity index (χ4v) is 5.03. The van der Waals surface area contributed by atoms with Gasteiger partial charge in [0.2, 0.25) is 5.95 Å². The Morgan fingerprint density at radius 1 is 0.806 bits per heavy atom. The van der Waals surface area contributed by atoms with Crippen molar-refractivity contribution in [2.75, 3.05) is 16.6 Å². The highest BCUT2D eigenvalue weighted by molar-refractivity contribution is 7.93. The van der Waals surface area contributed by atoms with Crippen molar-refractivity contribution in [3.05, 3.63) is 64.9 Å². The van der Waals surface area contributed by atoms with Crippen LogP contribution >= 0.6 is 11.6 Å². The number of rotatable bonds is 7. The molecule has 3 aromatic rings. The van der Waals surface area contributed by atoms with Crippen LogP contribution in [0.25, 0.3) is 0 Å². The highest BCUT2D eigenvalue weighted by atomic mass is 35.5. The summed E-state index contributed by atoms with van der Waals surface area (Å²) in [5, 5.41) is 0.145. The Labute approximate surface area is 185 Å². The summed E-state index contributed by atoms with van der Waals surface area (Å²) in [6, 6.07) is 11.0. The first-order valence-corrected chi connectivity index (χ1v) is 12.2. The topological polar surface area (TPSA) is 127 Å². The molecule has 2 aromatic carbocycles. The highest BCUT2D eigenvalue weighted by Crippen LogP contribution is 2.28. The van der Waals surface area contributed by atoms with Crippen molar-refractivity contribution in [2.45, 2.75) is 23.6 Å². The molecular formula is C19H19ClN4O5S2. The van der Waals surface area contributed by atoms with Crippen molar-refractivity contribution in [3.8, 4) is 5.75 Å². The summed E-state index contributed by atoms with van der Waals surface area (Å²) >= 11 is 5.99. The summed E-state index contributed by atoms with van der Waals surface area (Å²) in [4.78, 5) is 7.96. The van der Waals surface area contributed by atoms with E-state index in [4.69, 9.17) is 16.3 Å². The van der Waals surface area contributed by atoms with Crippen molar-refractivity contribution in [1.82, 2.24) is 9.97 Å². The molecule has 0 atom stereocenters. The number of nitrogens with zero attached hydrogens (tertiary/aromatic N) is 2. The van der Waals surface area contributed by atoms with Gasteiger partial charge in [0, 0.05) is 17.1 Å². The minimum atomic E-state index is -3.96. The Morgan fingerprint density at radius 3 is 1.90 bits per heavy atom. The van der Waals surface area contributed by atoms with Gasteiger partial charge in [-0.1, -0.05) is 11.6 Å². The number of ether oxygens (including phenoxy) is 1. The fraction of sp³-hybridized carbons (Fsp3) is 0.158. The average molecular weight is 483 g/mol. The molecule has 12 heteroatoms. The van der Waals surface area contributed by atoms with Gasteiger partial charge in [0.05, 0.1) is 21.9 Å². The molecular weight excluding hydrogens is 464 g/mol. The molecule has 1 heterocycles. The van der Waals surface area contributed by atoms with E-state index in [-0.39, 0.29) is 26.4 Å². The molecule has 0 saturated heterocycles. The molecule has 0 unspecified atom stereocenters. The van der Waals surface area contributed by atoms with E-state index < -0.39 is 20.0 Å². The third-order valence-electron chi connectivity index (χ3n) is 4.06. The summed E-state index contributed by atoms with van der Waals surface area (Å²) in [5.74, 6) is 0.300. The Balaban J connectivity index is 1.80. The standard InChI is InChI=1S/C19H19ClN4O5S2/c1-12-10-13(2)22-19(21-12)24-30(25,26)15-6-4-14(5-7-15)23-31(27,28)16-8-9-18(29-3)17(20)11-16/h4-11,23H,1-3H3,(H,21,22,24). The number of methoxy groups -OCH3 is 1. The van der Waals surface area contributed by atoms with Crippen LogP contribution in [-0.2, 0) is 20.0 Å². The van der Waals surface area contributed by atoms with Gasteiger partial charge >= 0.3 is 0 Å². The van der Waals surface area contributed by atoms with E-state index in [9.17, 15) is 16.8 Å². The minimum absolute atomic E-state index is 0.0429. The van der Waals surface area contributed by atoms with Gasteiger partial charge in [0.25, 0.3) is 20.0 Å². The zero-order chi connectivity index (χ0) is 22.8. The van der Waals surface area contributed by atoms with Gasteiger partial charge < -0.3 is 4.74 Å². The number of halogens is 1. The minimum Gasteiger partial charge on any atom is -0.495 e. The van der Waals surface area contributed by atoms with Crippen LogP contribution in [0.4, 0.5) is 11.6 Å². The maximum atomic E-state index is 12.6. The van der Waals surface area contributed by atoms with E-state index in [1.54, 1.807) is 19.9 Å². The lowest BCUT2D eigenvalue weighted by atomic mass is 10.3. The molecule has 0 bridgehead atoms. The zero-order valence-electron chi connectivity index (χ0n) is 16.7. The number of aromatic nitrogens is 2. The zero-order valence-corrected chi connectivity index (χ0v) is 19.1. The van der Waals surface area contributed by atoms with Crippen LogP contribution in [0.15, 0.2) is 58.3 Å². The van der Waals surface area contributed by atoms with Crippen LogP contribution in [-0.4, -0.2) is 33.9 Å². The third kappa shape index (κ3) is 5.43. The lowest BCUT2D eigenvalue weighted by molar-refractivity contribution is 0.414. The normalized spacial score (nSPS) is 11.7. The van der Waals surface area contributed by atoms with Crippen LogP contribution in [0.3, 0.4) is 0 Å². The first kappa shape index (κ1) is 22.8. The maximum absolute atomic E-state index is 12.6. The van der Waals surface area contributed by atoms with Crippen molar-refractivity contribution < 1.29 is 21.6 Å². The van der Waals surface area contributed by atoms with Gasteiger partial charge in [-0.05, 0) is 62.4 Å². The van der Waals surface area contributed by atoms with Gasteiger partial charge in [0.15, 0.2) is 0 Å². The molecule has 0 saturated carbocycles. The predicted molar refractivity (Wildman–Crippen MR) is 118 cm³/mol. The molecule has 3 rings (SSSR count). The third-order valence-corrected chi connectivity index (χ3v) is 7.08. The van der Waals surface area contributed by atoms with E-state index in [0.717, 1.165) is 0 Å². The second-order valence-corrected chi connectivity index (χ2v) is 10.3. The van der Waals surface area contributed by atoms with Crippen LogP contribution in [0.5, 0.6) is 5.75 Å². The second kappa shape index (κ2) is 8.69. The summed E-state index contributed by atoms with van der Waals surface area (Å²) < 4.78 is 60.0. The first-order chi connectivity index (χ1) is 14.5. The predicted octanol–water partition coefficient (Wildman–Crippen LogP) is 3.36. The Hall–Kier alpha value is -2.89. The molecule has 164 valence electrons. The van der Waals surface area contributed by atoms with Crippen LogP contribution < -0.4 is 14.2 Å². The van der Waals surface area contributed by atoms with Crippen LogP contribution in [0, 0.1) is 13.8 Å². The molecule has 0 aliphatic carbocycles. The number of anilines is 2. The smallest absolute Gasteiger partial charge is 0.264 e. The lowest BCUT2D eigenvalue weighted by Gasteiger charge is -2.11. The van der Waals surface area contributed by atoms with Gasteiger partial charge in [-0.15, -0.1) is 0 Å². The van der Waals surface area contributed by atoms with Crippen molar-refractivity contribution in [2.24, 2.45) is 0 Å². The Kier molecular flexibility index (Phi) is 6.39. The van der Waals surface area contributed by atoms with Gasteiger partial charge in [-0.2, -0.15) is 0 Å². The quantitative estimate of drug-likeness (QED) is 0.528. The van der Waals surface area contributed by atoms with E-state index in [1.165, 1.54) is 49.6 Å². The van der Waals surface area contributed by atoms with Crippen molar-refractivity contribution in [1.29, 1.82) is 0 Å². The molecule has 0 aliphatic rings. The SMILES string of the molecule is COc1ccc(S(=O)(=O)Nc2ccc(S(=O)(=O)Nc3nc(C)cc(C)n3)cc2)cc1Cl. The number of hydrogen-bond acceptors (Lipinski definition) is 7. The fourth-order valence-electron chi connectivity index (χ4n) is 2.68. The van der Waals surface area contributed by atoms with Crippen molar-refractivity contribution in [3.63, 3.8) is 0 Å². The van der Waals surface area contributed by atoms with E-state index in [1.807, 2.05) is 0 Å². The van der Waals surface area contributed by atoms with E-state index in [2.05, 4.69) is 19.4 Å². The van der Waals surface area contributed by atoms with Crippen LogP contribution in [0.2, 0.25) is 5.02 Å². The van der Waals surface area contributed by atoms with Crippen molar-refractivity contribution >= 4 is 43.3 Å². The maximum Gasteiger partial charge on any atom is 0.264 e. The molecule has 31 heavy (non-hydrogen) atoms. The van der Waals surface area contributed by atoms with Gasteiger partial charge in [-0.25, -0.2) is 31.5 Å². The number of hydrogen-bond donors (Lipinski definition) is 2. The second-order valence-electron chi connectivity index (χ2n) is 6.51. The van der Waals surface area contributed by atoms with E-state index in [0.29, 0.717) is 17.1 Å². The Morgan fingerprint density at radius 2 is 1.35 bits per heavy atom. The molecule has 0 amide bonds. The average Bonchev–Trinajstić information content (AvgIpc) is 2.67. The first-order valence-electron chi connectivity index (χ1n) is 8.82. The highest BCUT2D eigenvalue weighted by Gasteiger charge is 2.19. The van der Waals surface area contributed by atoms with Gasteiger partial charge in [0.1, 0.15) is 5.75 Å². The summed E-state index contributed by atoms with van der Waals surface area (Å²) in [5.41, 5.74) is 1.41. The molecule has 9 nitrogen and oxygen atoms in total. The van der Waals surface area contributed by atoms with Gasteiger partial charge in [-0.3, -0.25) is 4.72 Å². The lowest BCUT2D eigenvalue weighted by Crippen LogP contribution is -2.16. The van der Waals surface area contributed by atoms with Crippen LogP contribution in [0.1, 0.15) is 11.4 Å². The largest absolute Gasteiger partial charge is 0.495 e. The Bertz CT molecular complexity index is 1310.